The van der Waals surface area contributed by atoms with Gasteiger partial charge in [0.2, 0.25) is 0 Å². The second-order valence-electron chi connectivity index (χ2n) is 3.17. The topological polar surface area (TPSA) is 50.9 Å². The summed E-state index contributed by atoms with van der Waals surface area (Å²) in [6.07, 6.45) is 1.75. The normalized spacial score (nSPS) is 10.4. The molecule has 0 bridgehead atoms. The summed E-state index contributed by atoms with van der Waals surface area (Å²) in [5.74, 6) is -0.484. The van der Waals surface area contributed by atoms with Crippen molar-refractivity contribution in [2.75, 3.05) is 11.1 Å². The van der Waals surface area contributed by atoms with Gasteiger partial charge < -0.3 is 11.1 Å². The van der Waals surface area contributed by atoms with Crippen molar-refractivity contribution in [1.29, 1.82) is 0 Å². The SMILES string of the molecule is Nc1cc(Cl)c(F)cc1NCc1cncs1. The summed E-state index contributed by atoms with van der Waals surface area (Å²) < 4.78 is 13.2. The summed E-state index contributed by atoms with van der Waals surface area (Å²) in [6, 6.07) is 2.69. The summed E-state index contributed by atoms with van der Waals surface area (Å²) in [5, 5.41) is 3.06. The fourth-order valence-electron chi connectivity index (χ4n) is 1.23. The average molecular weight is 258 g/mol. The minimum absolute atomic E-state index is 0.0286. The maximum Gasteiger partial charge on any atom is 0.143 e. The minimum Gasteiger partial charge on any atom is -0.397 e. The third-order valence-corrected chi connectivity index (χ3v) is 3.10. The van der Waals surface area contributed by atoms with E-state index in [0.29, 0.717) is 17.9 Å². The monoisotopic (exact) mass is 257 g/mol. The molecule has 84 valence electrons. The van der Waals surface area contributed by atoms with Gasteiger partial charge in [-0.25, -0.2) is 4.39 Å². The highest BCUT2D eigenvalue weighted by Gasteiger charge is 2.06. The fraction of sp³-hybridized carbons (Fsp3) is 0.100. The molecule has 0 fully saturated rings. The molecule has 3 nitrogen and oxygen atoms in total. The van der Waals surface area contributed by atoms with Gasteiger partial charge in [-0.1, -0.05) is 11.6 Å². The molecule has 0 unspecified atom stereocenters. The quantitative estimate of drug-likeness (QED) is 0.831. The number of nitrogen functional groups attached to an aromatic ring is 1. The number of benzene rings is 1. The highest BCUT2D eigenvalue weighted by molar-refractivity contribution is 7.09. The van der Waals surface area contributed by atoms with Crippen LogP contribution in [0.15, 0.2) is 23.8 Å². The maximum atomic E-state index is 13.2. The van der Waals surface area contributed by atoms with E-state index in [9.17, 15) is 4.39 Å². The van der Waals surface area contributed by atoms with E-state index in [2.05, 4.69) is 10.3 Å². The number of hydrogen-bond donors (Lipinski definition) is 2. The van der Waals surface area contributed by atoms with E-state index in [1.54, 1.807) is 11.7 Å². The van der Waals surface area contributed by atoms with Crippen LogP contribution in [-0.2, 0) is 6.54 Å². The predicted octanol–water partition coefficient (Wildman–Crippen LogP) is 3.13. The maximum absolute atomic E-state index is 13.2. The van der Waals surface area contributed by atoms with Gasteiger partial charge in [0, 0.05) is 17.1 Å². The Kier molecular flexibility index (Phi) is 3.26. The van der Waals surface area contributed by atoms with Crippen molar-refractivity contribution in [2.24, 2.45) is 0 Å². The zero-order chi connectivity index (χ0) is 11.5. The van der Waals surface area contributed by atoms with Crippen LogP contribution in [0.4, 0.5) is 15.8 Å². The molecule has 0 aliphatic rings. The fourth-order valence-corrected chi connectivity index (χ4v) is 1.93. The molecule has 1 aromatic carbocycles. The molecular weight excluding hydrogens is 249 g/mol. The van der Waals surface area contributed by atoms with Crippen LogP contribution >= 0.6 is 22.9 Å². The summed E-state index contributed by atoms with van der Waals surface area (Å²) in [7, 11) is 0. The number of nitrogens with two attached hydrogens (primary N) is 1. The zero-order valence-electron chi connectivity index (χ0n) is 8.21. The van der Waals surface area contributed by atoms with E-state index in [1.165, 1.54) is 23.5 Å². The van der Waals surface area contributed by atoms with Gasteiger partial charge in [-0.05, 0) is 6.07 Å². The largest absolute Gasteiger partial charge is 0.397 e. The molecule has 0 amide bonds. The van der Waals surface area contributed by atoms with E-state index in [-0.39, 0.29) is 5.02 Å². The van der Waals surface area contributed by atoms with E-state index in [4.69, 9.17) is 17.3 Å². The molecule has 1 aromatic heterocycles. The first-order chi connectivity index (χ1) is 7.66. The molecule has 0 aliphatic heterocycles. The van der Waals surface area contributed by atoms with Gasteiger partial charge in [0.1, 0.15) is 5.82 Å². The molecule has 0 atom stereocenters. The van der Waals surface area contributed by atoms with Crippen LogP contribution in [0.25, 0.3) is 0 Å². The first kappa shape index (κ1) is 11.2. The van der Waals surface area contributed by atoms with Gasteiger partial charge >= 0.3 is 0 Å². The summed E-state index contributed by atoms with van der Waals surface area (Å²) >= 11 is 7.12. The molecule has 2 rings (SSSR count). The second kappa shape index (κ2) is 4.67. The number of nitrogens with one attached hydrogen (secondary N) is 1. The molecule has 0 aliphatic carbocycles. The lowest BCUT2D eigenvalue weighted by Gasteiger charge is -2.08. The van der Waals surface area contributed by atoms with Gasteiger partial charge in [-0.3, -0.25) is 4.98 Å². The van der Waals surface area contributed by atoms with Crippen LogP contribution in [0, 0.1) is 5.82 Å². The molecule has 3 N–H and O–H groups in total. The Hall–Kier alpha value is -1.33. The van der Waals surface area contributed by atoms with Crippen molar-refractivity contribution in [1.82, 2.24) is 4.98 Å². The number of halogens is 2. The van der Waals surface area contributed by atoms with E-state index < -0.39 is 5.82 Å². The number of rotatable bonds is 3. The minimum atomic E-state index is -0.484. The Morgan fingerprint density at radius 1 is 1.50 bits per heavy atom. The van der Waals surface area contributed by atoms with E-state index in [0.717, 1.165) is 4.88 Å². The molecule has 2 aromatic rings. The van der Waals surface area contributed by atoms with Gasteiger partial charge in [-0.15, -0.1) is 11.3 Å². The first-order valence-electron chi connectivity index (χ1n) is 4.52. The third kappa shape index (κ3) is 2.43. The van der Waals surface area contributed by atoms with Crippen molar-refractivity contribution in [3.63, 3.8) is 0 Å². The molecule has 0 spiro atoms. The summed E-state index contributed by atoms with van der Waals surface area (Å²) in [6.45, 7) is 0.565. The van der Waals surface area contributed by atoms with Crippen LogP contribution in [0.1, 0.15) is 4.88 Å². The molecule has 1 heterocycles. The number of anilines is 2. The van der Waals surface area contributed by atoms with E-state index >= 15 is 0 Å². The molecule has 6 heteroatoms. The standard InChI is InChI=1S/C10H9ClFN3S/c11-7-1-9(13)10(2-8(7)12)15-4-6-3-14-5-16-6/h1-3,5,15H,4,13H2. The van der Waals surface area contributed by atoms with Crippen molar-refractivity contribution in [3.8, 4) is 0 Å². The molecule has 0 saturated carbocycles. The Morgan fingerprint density at radius 3 is 3.00 bits per heavy atom. The Balaban J connectivity index is 2.12. The van der Waals surface area contributed by atoms with Crippen molar-refractivity contribution in [3.05, 3.63) is 39.6 Å². The summed E-state index contributed by atoms with van der Waals surface area (Å²) in [4.78, 5) is 4.99. The Bertz CT molecular complexity index is 487. The van der Waals surface area contributed by atoms with Gasteiger partial charge in [0.25, 0.3) is 0 Å². The van der Waals surface area contributed by atoms with Crippen molar-refractivity contribution >= 4 is 34.3 Å². The molecular formula is C10H9ClFN3S. The highest BCUT2D eigenvalue weighted by Crippen LogP contribution is 2.26. The van der Waals surface area contributed by atoms with Gasteiger partial charge in [-0.2, -0.15) is 0 Å². The molecule has 0 saturated heterocycles. The Morgan fingerprint density at radius 2 is 2.31 bits per heavy atom. The van der Waals surface area contributed by atoms with Crippen LogP contribution < -0.4 is 11.1 Å². The second-order valence-corrected chi connectivity index (χ2v) is 4.55. The number of thiazole rings is 1. The van der Waals surface area contributed by atoms with Crippen LogP contribution in [0.5, 0.6) is 0 Å². The van der Waals surface area contributed by atoms with Crippen molar-refractivity contribution < 1.29 is 4.39 Å². The molecule has 16 heavy (non-hydrogen) atoms. The first-order valence-corrected chi connectivity index (χ1v) is 5.78. The smallest absolute Gasteiger partial charge is 0.143 e. The van der Waals surface area contributed by atoms with Crippen LogP contribution in [0.3, 0.4) is 0 Å². The average Bonchev–Trinajstić information content (AvgIpc) is 2.74. The highest BCUT2D eigenvalue weighted by atomic mass is 35.5. The number of nitrogens with zero attached hydrogens (tertiary/aromatic N) is 1. The summed E-state index contributed by atoms with van der Waals surface area (Å²) in [5.41, 5.74) is 8.41. The predicted molar refractivity (Wildman–Crippen MR) is 65.3 cm³/mol. The lowest BCUT2D eigenvalue weighted by Crippen LogP contribution is -2.02. The van der Waals surface area contributed by atoms with Gasteiger partial charge in [0.15, 0.2) is 0 Å². The number of aromatic nitrogens is 1. The van der Waals surface area contributed by atoms with Crippen molar-refractivity contribution in [2.45, 2.75) is 6.54 Å². The van der Waals surface area contributed by atoms with Gasteiger partial charge in [0.05, 0.1) is 28.5 Å². The Labute approximate surface area is 101 Å². The number of hydrogen-bond acceptors (Lipinski definition) is 4. The molecule has 0 radical (unpaired) electrons. The van der Waals surface area contributed by atoms with Crippen LogP contribution in [0.2, 0.25) is 5.02 Å². The van der Waals surface area contributed by atoms with Crippen LogP contribution in [-0.4, -0.2) is 4.98 Å². The lowest BCUT2D eigenvalue weighted by molar-refractivity contribution is 0.629. The van der Waals surface area contributed by atoms with E-state index in [1.807, 2.05) is 0 Å². The zero-order valence-corrected chi connectivity index (χ0v) is 9.78. The lowest BCUT2D eigenvalue weighted by atomic mass is 10.2. The third-order valence-electron chi connectivity index (χ3n) is 2.03.